The van der Waals surface area contributed by atoms with Crippen molar-refractivity contribution in [1.29, 1.82) is 0 Å². The van der Waals surface area contributed by atoms with E-state index in [1.165, 1.54) is 41.1 Å². The number of hydrogen-bond donors (Lipinski definition) is 1. The standard InChI is InChI=1S/C25H17F4N3O3/c1-2-35-25(34)21-13-22(32(31-21)18-8-4-6-15(26)10-18)14-5-3-7-17(9-14)30-24(33)23-19(28)11-16(27)12-20(23)29/h3-13H,2H2,1H3,(H,30,33). The van der Waals surface area contributed by atoms with E-state index in [1.54, 1.807) is 25.1 Å². The van der Waals surface area contributed by atoms with Crippen molar-refractivity contribution in [2.45, 2.75) is 6.92 Å². The summed E-state index contributed by atoms with van der Waals surface area (Å²) in [5.74, 6) is -6.18. The summed E-state index contributed by atoms with van der Waals surface area (Å²) in [6, 6.07) is 13.9. The Morgan fingerprint density at radius 3 is 2.31 bits per heavy atom. The average molecular weight is 483 g/mol. The van der Waals surface area contributed by atoms with E-state index >= 15 is 0 Å². The lowest BCUT2D eigenvalue weighted by molar-refractivity contribution is 0.0518. The number of hydrogen-bond acceptors (Lipinski definition) is 4. The minimum atomic E-state index is -1.35. The molecule has 1 heterocycles. The summed E-state index contributed by atoms with van der Waals surface area (Å²) in [6.07, 6.45) is 0. The number of benzene rings is 3. The number of ether oxygens (including phenoxy) is 1. The first-order valence-corrected chi connectivity index (χ1v) is 10.4. The largest absolute Gasteiger partial charge is 0.461 e. The highest BCUT2D eigenvalue weighted by molar-refractivity contribution is 6.05. The molecule has 0 unspecified atom stereocenters. The Kier molecular flexibility index (Phi) is 6.63. The summed E-state index contributed by atoms with van der Waals surface area (Å²) < 4.78 is 61.4. The number of rotatable bonds is 6. The summed E-state index contributed by atoms with van der Waals surface area (Å²) in [5.41, 5.74) is 0.298. The molecule has 4 aromatic rings. The van der Waals surface area contributed by atoms with Crippen LogP contribution in [0.15, 0.2) is 66.7 Å². The Balaban J connectivity index is 1.73. The molecule has 0 aliphatic heterocycles. The number of carbonyl (C=O) groups is 2. The Labute approximate surface area is 196 Å². The van der Waals surface area contributed by atoms with Crippen LogP contribution in [0.5, 0.6) is 0 Å². The maximum Gasteiger partial charge on any atom is 0.358 e. The molecule has 0 saturated heterocycles. The average Bonchev–Trinajstić information content (AvgIpc) is 3.24. The number of carbonyl (C=O) groups excluding carboxylic acids is 2. The third-order valence-corrected chi connectivity index (χ3v) is 4.90. The molecule has 0 saturated carbocycles. The summed E-state index contributed by atoms with van der Waals surface area (Å²) >= 11 is 0. The summed E-state index contributed by atoms with van der Waals surface area (Å²) in [7, 11) is 0. The van der Waals surface area contributed by atoms with Crippen molar-refractivity contribution in [1.82, 2.24) is 9.78 Å². The van der Waals surface area contributed by atoms with Gasteiger partial charge in [0.2, 0.25) is 0 Å². The highest BCUT2D eigenvalue weighted by Gasteiger charge is 2.21. The van der Waals surface area contributed by atoms with Crippen LogP contribution in [-0.2, 0) is 4.74 Å². The number of amides is 1. The molecule has 3 aromatic carbocycles. The number of nitrogens with zero attached hydrogens (tertiary/aromatic N) is 2. The lowest BCUT2D eigenvalue weighted by atomic mass is 10.1. The van der Waals surface area contributed by atoms with Crippen LogP contribution in [0.4, 0.5) is 23.2 Å². The summed E-state index contributed by atoms with van der Waals surface area (Å²) in [4.78, 5) is 24.7. The number of esters is 1. The van der Waals surface area contributed by atoms with Gasteiger partial charge in [0.25, 0.3) is 5.91 Å². The lowest BCUT2D eigenvalue weighted by Crippen LogP contribution is -2.16. The molecule has 1 aromatic heterocycles. The minimum Gasteiger partial charge on any atom is -0.461 e. The van der Waals surface area contributed by atoms with Crippen LogP contribution in [0.2, 0.25) is 0 Å². The molecule has 178 valence electrons. The van der Waals surface area contributed by atoms with E-state index in [2.05, 4.69) is 10.4 Å². The van der Waals surface area contributed by atoms with E-state index in [1.807, 2.05) is 0 Å². The first-order valence-electron chi connectivity index (χ1n) is 10.4. The zero-order valence-corrected chi connectivity index (χ0v) is 18.2. The smallest absolute Gasteiger partial charge is 0.358 e. The van der Waals surface area contributed by atoms with Crippen molar-refractivity contribution in [2.75, 3.05) is 11.9 Å². The highest BCUT2D eigenvalue weighted by atomic mass is 19.1. The minimum absolute atomic E-state index is 0.0315. The van der Waals surface area contributed by atoms with E-state index in [0.717, 1.165) is 0 Å². The SMILES string of the molecule is CCOC(=O)c1cc(-c2cccc(NC(=O)c3c(F)cc(F)cc3F)c2)n(-c2cccc(F)c2)n1. The van der Waals surface area contributed by atoms with Gasteiger partial charge in [-0.1, -0.05) is 18.2 Å². The topological polar surface area (TPSA) is 73.2 Å². The Hall–Kier alpha value is -4.47. The second-order valence-corrected chi connectivity index (χ2v) is 7.31. The van der Waals surface area contributed by atoms with Gasteiger partial charge in [0.1, 0.15) is 28.8 Å². The van der Waals surface area contributed by atoms with Crippen molar-refractivity contribution in [3.8, 4) is 16.9 Å². The maximum atomic E-state index is 14.0. The molecular weight excluding hydrogens is 466 g/mol. The van der Waals surface area contributed by atoms with Crippen molar-refractivity contribution >= 4 is 17.6 Å². The monoisotopic (exact) mass is 483 g/mol. The van der Waals surface area contributed by atoms with Gasteiger partial charge in [0, 0.05) is 23.4 Å². The molecule has 0 aliphatic carbocycles. The van der Waals surface area contributed by atoms with Crippen molar-refractivity contribution in [2.24, 2.45) is 0 Å². The van der Waals surface area contributed by atoms with Gasteiger partial charge < -0.3 is 10.1 Å². The third kappa shape index (κ3) is 5.06. The number of anilines is 1. The highest BCUT2D eigenvalue weighted by Crippen LogP contribution is 2.28. The van der Waals surface area contributed by atoms with E-state index in [4.69, 9.17) is 4.74 Å². The molecule has 0 radical (unpaired) electrons. The third-order valence-electron chi connectivity index (χ3n) is 4.90. The van der Waals surface area contributed by atoms with Crippen molar-refractivity contribution in [3.05, 3.63) is 101 Å². The van der Waals surface area contributed by atoms with Crippen molar-refractivity contribution < 1.29 is 31.9 Å². The Morgan fingerprint density at radius 1 is 0.914 bits per heavy atom. The molecule has 0 aliphatic rings. The molecule has 35 heavy (non-hydrogen) atoms. The quantitative estimate of drug-likeness (QED) is 0.289. The van der Waals surface area contributed by atoms with Gasteiger partial charge in [-0.25, -0.2) is 27.0 Å². The molecule has 0 bridgehead atoms. The second kappa shape index (κ2) is 9.80. The van der Waals surface area contributed by atoms with E-state index < -0.39 is 40.7 Å². The first-order chi connectivity index (χ1) is 16.8. The predicted octanol–water partition coefficient (Wildman–Crippen LogP) is 5.52. The number of aromatic nitrogens is 2. The molecule has 1 N–H and O–H groups in total. The van der Waals surface area contributed by atoms with E-state index in [9.17, 15) is 27.2 Å². The van der Waals surface area contributed by atoms with E-state index in [-0.39, 0.29) is 18.0 Å². The number of halogens is 4. The molecule has 4 rings (SSSR count). The Bertz CT molecular complexity index is 1410. The fraction of sp³-hybridized carbons (Fsp3) is 0.0800. The van der Waals surface area contributed by atoms with Crippen LogP contribution in [-0.4, -0.2) is 28.3 Å². The zero-order valence-electron chi connectivity index (χ0n) is 18.2. The fourth-order valence-corrected chi connectivity index (χ4v) is 3.41. The molecule has 6 nitrogen and oxygen atoms in total. The van der Waals surface area contributed by atoms with Gasteiger partial charge in [-0.05, 0) is 43.3 Å². The maximum absolute atomic E-state index is 14.0. The summed E-state index contributed by atoms with van der Waals surface area (Å²) in [6.45, 7) is 1.76. The first kappa shape index (κ1) is 23.7. The van der Waals surface area contributed by atoms with Crippen molar-refractivity contribution in [3.63, 3.8) is 0 Å². The van der Waals surface area contributed by atoms with Crippen LogP contribution >= 0.6 is 0 Å². The van der Waals surface area contributed by atoms with Gasteiger partial charge in [0.05, 0.1) is 18.0 Å². The van der Waals surface area contributed by atoms with E-state index in [0.29, 0.717) is 29.1 Å². The van der Waals surface area contributed by atoms with Crippen LogP contribution in [0, 0.1) is 23.3 Å². The molecule has 1 amide bonds. The molecule has 0 fully saturated rings. The van der Waals surface area contributed by atoms with Gasteiger partial charge >= 0.3 is 5.97 Å². The molecule has 0 spiro atoms. The second-order valence-electron chi connectivity index (χ2n) is 7.31. The van der Waals surface area contributed by atoms with Crippen LogP contribution < -0.4 is 5.32 Å². The Morgan fingerprint density at radius 2 is 1.63 bits per heavy atom. The molecule has 10 heteroatoms. The van der Waals surface area contributed by atoms with Crippen LogP contribution in [0.1, 0.15) is 27.8 Å². The van der Waals surface area contributed by atoms with Crippen LogP contribution in [0.25, 0.3) is 16.9 Å². The van der Waals surface area contributed by atoms with Gasteiger partial charge in [-0.2, -0.15) is 5.10 Å². The zero-order chi connectivity index (χ0) is 25.1. The fourth-order valence-electron chi connectivity index (χ4n) is 3.41. The number of nitrogens with one attached hydrogen (secondary N) is 1. The summed E-state index contributed by atoms with van der Waals surface area (Å²) in [5, 5.41) is 6.60. The van der Waals surface area contributed by atoms with Gasteiger partial charge in [0.15, 0.2) is 5.69 Å². The normalized spacial score (nSPS) is 10.8. The molecule has 0 atom stereocenters. The van der Waals surface area contributed by atoms with Gasteiger partial charge in [-0.15, -0.1) is 0 Å². The molecular formula is C25H17F4N3O3. The van der Waals surface area contributed by atoms with Crippen LogP contribution in [0.3, 0.4) is 0 Å². The lowest BCUT2D eigenvalue weighted by Gasteiger charge is -2.11. The van der Waals surface area contributed by atoms with Gasteiger partial charge in [-0.3, -0.25) is 4.79 Å². The predicted molar refractivity (Wildman–Crippen MR) is 119 cm³/mol.